The minimum Gasteiger partial charge on any atom is -0.480 e. The van der Waals surface area contributed by atoms with Gasteiger partial charge in [0.05, 0.1) is 18.2 Å². The summed E-state index contributed by atoms with van der Waals surface area (Å²) in [5.41, 5.74) is -0.401. The van der Waals surface area contributed by atoms with Crippen molar-refractivity contribution in [3.63, 3.8) is 0 Å². The second-order valence-electron chi connectivity index (χ2n) is 5.08. The van der Waals surface area contributed by atoms with Gasteiger partial charge in [-0.25, -0.2) is 4.79 Å². The number of amides is 2. The first-order valence-electron chi connectivity index (χ1n) is 5.67. The first-order valence-corrected chi connectivity index (χ1v) is 5.67. The first kappa shape index (κ1) is 13.8. The lowest BCUT2D eigenvalue weighted by atomic mass is 10.1. The van der Waals surface area contributed by atoms with Crippen LogP contribution in [0.3, 0.4) is 0 Å². The van der Waals surface area contributed by atoms with E-state index in [1.807, 2.05) is 20.8 Å². The summed E-state index contributed by atoms with van der Waals surface area (Å²) in [6.45, 7) is 8.07. The molecule has 2 atom stereocenters. The number of carbonyl (C=O) groups is 2. The molecule has 0 radical (unpaired) electrons. The normalized spacial score (nSPS) is 25.2. The summed E-state index contributed by atoms with van der Waals surface area (Å²) in [4.78, 5) is 24.1. The van der Waals surface area contributed by atoms with Gasteiger partial charge in [-0.3, -0.25) is 4.79 Å². The number of rotatable bonds is 2. The van der Waals surface area contributed by atoms with E-state index in [0.29, 0.717) is 13.1 Å². The van der Waals surface area contributed by atoms with Crippen LogP contribution in [-0.4, -0.2) is 52.8 Å². The van der Waals surface area contributed by atoms with E-state index < -0.39 is 17.6 Å². The summed E-state index contributed by atoms with van der Waals surface area (Å²) in [6.07, 6.45) is -0.0513. The number of nitrogens with one attached hydrogen (secondary N) is 1. The van der Waals surface area contributed by atoms with Crippen LogP contribution in [0.4, 0.5) is 4.79 Å². The SMILES string of the molecule is CC1CN(C(=O)N[C@H](C)C(=O)O)CC(C)(C)O1. The number of carboxylic acid groups (broad SMARTS) is 1. The highest BCUT2D eigenvalue weighted by atomic mass is 16.5. The van der Waals surface area contributed by atoms with Gasteiger partial charge in [-0.1, -0.05) is 0 Å². The molecule has 98 valence electrons. The van der Waals surface area contributed by atoms with Crippen LogP contribution < -0.4 is 5.32 Å². The fraction of sp³-hybridized carbons (Fsp3) is 0.818. The van der Waals surface area contributed by atoms with Crippen molar-refractivity contribution in [1.29, 1.82) is 0 Å². The van der Waals surface area contributed by atoms with Gasteiger partial charge >= 0.3 is 12.0 Å². The van der Waals surface area contributed by atoms with Crippen molar-refractivity contribution in [3.05, 3.63) is 0 Å². The molecule has 0 bridgehead atoms. The lowest BCUT2D eigenvalue weighted by molar-refractivity contribution is -0.139. The maximum Gasteiger partial charge on any atom is 0.325 e. The zero-order valence-electron chi connectivity index (χ0n) is 10.7. The maximum absolute atomic E-state index is 11.8. The summed E-state index contributed by atoms with van der Waals surface area (Å²) in [5, 5.41) is 11.2. The number of urea groups is 1. The Hall–Kier alpha value is -1.30. The molecule has 1 saturated heterocycles. The number of ether oxygens (including phenoxy) is 1. The third-order valence-electron chi connectivity index (χ3n) is 2.57. The zero-order valence-corrected chi connectivity index (χ0v) is 10.7. The molecule has 1 rings (SSSR count). The standard InChI is InChI=1S/C11H20N2O4/c1-7-5-13(6-11(3,4)17-7)10(16)12-8(2)9(14)15/h7-8H,5-6H2,1-4H3,(H,12,16)(H,14,15)/t7?,8-/m1/s1. The highest BCUT2D eigenvalue weighted by Crippen LogP contribution is 2.20. The third-order valence-corrected chi connectivity index (χ3v) is 2.57. The van der Waals surface area contributed by atoms with Crippen LogP contribution in [0.15, 0.2) is 0 Å². The van der Waals surface area contributed by atoms with Crippen molar-refractivity contribution in [2.75, 3.05) is 13.1 Å². The third kappa shape index (κ3) is 3.89. The molecule has 0 aliphatic carbocycles. The Morgan fingerprint density at radius 2 is 2.12 bits per heavy atom. The molecule has 17 heavy (non-hydrogen) atoms. The average molecular weight is 244 g/mol. The Labute approximate surface area is 101 Å². The number of hydrogen-bond donors (Lipinski definition) is 2. The molecule has 1 fully saturated rings. The van der Waals surface area contributed by atoms with E-state index in [0.717, 1.165) is 0 Å². The molecular weight excluding hydrogens is 224 g/mol. The van der Waals surface area contributed by atoms with E-state index in [2.05, 4.69) is 5.32 Å². The molecule has 1 heterocycles. The Morgan fingerprint density at radius 3 is 2.59 bits per heavy atom. The van der Waals surface area contributed by atoms with Gasteiger partial charge in [-0.05, 0) is 27.7 Å². The minimum atomic E-state index is -1.04. The maximum atomic E-state index is 11.8. The number of carboxylic acids is 1. The van der Waals surface area contributed by atoms with Crippen LogP contribution in [0.5, 0.6) is 0 Å². The predicted molar refractivity (Wildman–Crippen MR) is 61.8 cm³/mol. The molecule has 0 saturated carbocycles. The van der Waals surface area contributed by atoms with Crippen molar-refractivity contribution >= 4 is 12.0 Å². The molecule has 0 aromatic carbocycles. The second-order valence-corrected chi connectivity index (χ2v) is 5.08. The monoisotopic (exact) mass is 244 g/mol. The molecule has 0 aromatic heterocycles. The Morgan fingerprint density at radius 1 is 1.53 bits per heavy atom. The van der Waals surface area contributed by atoms with Crippen LogP contribution in [0, 0.1) is 0 Å². The molecule has 2 N–H and O–H groups in total. The number of carbonyl (C=O) groups excluding carboxylic acids is 1. The van der Waals surface area contributed by atoms with Crippen LogP contribution >= 0.6 is 0 Å². The zero-order chi connectivity index (χ0) is 13.2. The van der Waals surface area contributed by atoms with Crippen molar-refractivity contribution in [2.45, 2.75) is 45.4 Å². The quantitative estimate of drug-likeness (QED) is 0.748. The summed E-state index contributed by atoms with van der Waals surface area (Å²) in [6, 6.07) is -1.24. The Balaban J connectivity index is 2.60. The van der Waals surface area contributed by atoms with Gasteiger partial charge in [-0.15, -0.1) is 0 Å². The first-order chi connectivity index (χ1) is 7.71. The summed E-state index contributed by atoms with van der Waals surface area (Å²) in [7, 11) is 0. The van der Waals surface area contributed by atoms with E-state index in [9.17, 15) is 9.59 Å². The van der Waals surface area contributed by atoms with Crippen molar-refractivity contribution in [2.24, 2.45) is 0 Å². The van der Waals surface area contributed by atoms with Gasteiger partial charge in [0.2, 0.25) is 0 Å². The van der Waals surface area contributed by atoms with Crippen molar-refractivity contribution in [3.8, 4) is 0 Å². The molecule has 6 heteroatoms. The van der Waals surface area contributed by atoms with E-state index in [1.165, 1.54) is 6.92 Å². The van der Waals surface area contributed by atoms with Crippen molar-refractivity contribution < 1.29 is 19.4 Å². The van der Waals surface area contributed by atoms with E-state index in [1.54, 1.807) is 4.90 Å². The molecule has 1 unspecified atom stereocenters. The lowest BCUT2D eigenvalue weighted by Gasteiger charge is -2.41. The predicted octanol–water partition coefficient (Wildman–Crippen LogP) is 0.668. The molecule has 6 nitrogen and oxygen atoms in total. The Bertz CT molecular complexity index is 317. The highest BCUT2D eigenvalue weighted by molar-refractivity contribution is 5.82. The number of aliphatic carboxylic acids is 1. The lowest BCUT2D eigenvalue weighted by Crippen LogP contribution is -2.57. The van der Waals surface area contributed by atoms with Crippen LogP contribution in [0.25, 0.3) is 0 Å². The second kappa shape index (κ2) is 4.91. The summed E-state index contributed by atoms with van der Waals surface area (Å²) >= 11 is 0. The summed E-state index contributed by atoms with van der Waals surface area (Å²) < 4.78 is 5.67. The van der Waals surface area contributed by atoms with Crippen LogP contribution in [0.2, 0.25) is 0 Å². The fourth-order valence-electron chi connectivity index (χ4n) is 1.95. The molecule has 1 aliphatic heterocycles. The smallest absolute Gasteiger partial charge is 0.325 e. The Kier molecular flexibility index (Phi) is 3.98. The minimum absolute atomic E-state index is 0.0513. The van der Waals surface area contributed by atoms with Gasteiger partial charge < -0.3 is 20.1 Å². The van der Waals surface area contributed by atoms with Crippen molar-refractivity contribution in [1.82, 2.24) is 10.2 Å². The molecule has 2 amide bonds. The molecular formula is C11H20N2O4. The number of morpholine rings is 1. The summed E-state index contributed by atoms with van der Waals surface area (Å²) in [5.74, 6) is -1.04. The van der Waals surface area contributed by atoms with Gasteiger partial charge in [0.15, 0.2) is 0 Å². The van der Waals surface area contributed by atoms with Gasteiger partial charge in [0.25, 0.3) is 0 Å². The van der Waals surface area contributed by atoms with E-state index >= 15 is 0 Å². The van der Waals surface area contributed by atoms with Gasteiger partial charge in [0.1, 0.15) is 6.04 Å². The largest absolute Gasteiger partial charge is 0.480 e. The molecule has 0 spiro atoms. The highest BCUT2D eigenvalue weighted by Gasteiger charge is 2.34. The van der Waals surface area contributed by atoms with E-state index in [4.69, 9.17) is 9.84 Å². The average Bonchev–Trinajstić information content (AvgIpc) is 2.13. The molecule has 0 aromatic rings. The van der Waals surface area contributed by atoms with Gasteiger partial charge in [-0.2, -0.15) is 0 Å². The topological polar surface area (TPSA) is 78.9 Å². The van der Waals surface area contributed by atoms with Crippen LogP contribution in [0.1, 0.15) is 27.7 Å². The number of nitrogens with zero attached hydrogens (tertiary/aromatic N) is 1. The fourth-order valence-corrected chi connectivity index (χ4v) is 1.95. The van der Waals surface area contributed by atoms with Gasteiger partial charge in [0, 0.05) is 6.54 Å². The van der Waals surface area contributed by atoms with Crippen LogP contribution in [-0.2, 0) is 9.53 Å². The van der Waals surface area contributed by atoms with E-state index in [-0.39, 0.29) is 12.1 Å². The number of hydrogen-bond acceptors (Lipinski definition) is 3. The molecule has 1 aliphatic rings.